The SMILES string of the molecule is Cc1ccc(NC(=O)CC(=O)NN=Cc2ccccc2OCc2ccc(Cl)c(Cl)c2)cc1. The van der Waals surface area contributed by atoms with Gasteiger partial charge in [0.1, 0.15) is 18.8 Å². The second-order valence-electron chi connectivity index (χ2n) is 6.96. The van der Waals surface area contributed by atoms with E-state index in [0.717, 1.165) is 11.1 Å². The molecule has 0 saturated carbocycles. The molecule has 3 aromatic carbocycles. The number of ether oxygens (including phenoxy) is 1. The Kier molecular flexibility index (Phi) is 8.25. The summed E-state index contributed by atoms with van der Waals surface area (Å²) in [5, 5.41) is 7.53. The molecule has 8 heteroatoms. The highest BCUT2D eigenvalue weighted by atomic mass is 35.5. The molecule has 0 aliphatic heterocycles. The Balaban J connectivity index is 1.52. The van der Waals surface area contributed by atoms with Gasteiger partial charge < -0.3 is 10.1 Å². The van der Waals surface area contributed by atoms with Gasteiger partial charge in [0.05, 0.1) is 16.3 Å². The van der Waals surface area contributed by atoms with Gasteiger partial charge in [0.2, 0.25) is 11.8 Å². The van der Waals surface area contributed by atoms with Crippen LogP contribution in [-0.2, 0) is 16.2 Å². The van der Waals surface area contributed by atoms with E-state index in [9.17, 15) is 9.59 Å². The van der Waals surface area contributed by atoms with Crippen LogP contribution in [0.2, 0.25) is 10.0 Å². The Bertz CT molecular complexity index is 1130. The first kappa shape index (κ1) is 23.3. The first-order chi connectivity index (χ1) is 15.4. The van der Waals surface area contributed by atoms with E-state index in [0.29, 0.717) is 27.0 Å². The first-order valence-corrected chi connectivity index (χ1v) is 10.5. The fraction of sp³-hybridized carbons (Fsp3) is 0.125. The number of hydrogen-bond acceptors (Lipinski definition) is 4. The lowest BCUT2D eigenvalue weighted by Gasteiger charge is -2.09. The van der Waals surface area contributed by atoms with Crippen LogP contribution < -0.4 is 15.5 Å². The standard InChI is InChI=1S/C24H21Cl2N3O3/c1-16-6-9-19(10-7-16)28-23(30)13-24(31)29-27-14-18-4-2-3-5-22(18)32-15-17-8-11-20(25)21(26)12-17/h2-12,14H,13,15H2,1H3,(H,28,30)(H,29,31). The van der Waals surface area contributed by atoms with E-state index in [-0.39, 0.29) is 13.0 Å². The maximum Gasteiger partial charge on any atom is 0.249 e. The van der Waals surface area contributed by atoms with Crippen LogP contribution in [0.5, 0.6) is 5.75 Å². The molecule has 2 amide bonds. The minimum Gasteiger partial charge on any atom is -0.488 e. The van der Waals surface area contributed by atoms with Gasteiger partial charge >= 0.3 is 0 Å². The number of halogens is 2. The molecule has 164 valence electrons. The number of carbonyl (C=O) groups is 2. The number of nitrogens with zero attached hydrogens (tertiary/aromatic N) is 1. The molecule has 0 spiro atoms. The normalized spacial score (nSPS) is 10.7. The summed E-state index contributed by atoms with van der Waals surface area (Å²) in [6.07, 6.45) is 1.11. The van der Waals surface area contributed by atoms with E-state index < -0.39 is 11.8 Å². The van der Waals surface area contributed by atoms with Gasteiger partial charge in [-0.05, 0) is 48.9 Å². The number of rotatable bonds is 8. The summed E-state index contributed by atoms with van der Waals surface area (Å²) in [4.78, 5) is 24.0. The molecule has 0 aromatic heterocycles. The molecule has 0 aliphatic carbocycles. The average Bonchev–Trinajstić information content (AvgIpc) is 2.77. The van der Waals surface area contributed by atoms with Crippen molar-refractivity contribution >= 4 is 46.9 Å². The predicted octanol–water partition coefficient (Wildman–Crippen LogP) is 5.36. The van der Waals surface area contributed by atoms with E-state index >= 15 is 0 Å². The molecule has 0 bridgehead atoms. The van der Waals surface area contributed by atoms with Crippen LogP contribution in [0.3, 0.4) is 0 Å². The maximum atomic E-state index is 12.0. The van der Waals surface area contributed by atoms with Gasteiger partial charge in [-0.3, -0.25) is 9.59 Å². The van der Waals surface area contributed by atoms with Crippen LogP contribution in [0.1, 0.15) is 23.1 Å². The number of benzene rings is 3. The van der Waals surface area contributed by atoms with Gasteiger partial charge in [-0.15, -0.1) is 0 Å². The van der Waals surface area contributed by atoms with Gasteiger partial charge in [0.25, 0.3) is 0 Å². The molecule has 0 aliphatic rings. The fourth-order valence-corrected chi connectivity index (χ4v) is 3.03. The molecular formula is C24H21Cl2N3O3. The zero-order valence-corrected chi connectivity index (χ0v) is 18.8. The summed E-state index contributed by atoms with van der Waals surface area (Å²) in [6, 6.07) is 19.8. The molecule has 0 heterocycles. The molecule has 0 unspecified atom stereocenters. The quantitative estimate of drug-likeness (QED) is 0.264. The Morgan fingerprint density at radius 2 is 1.72 bits per heavy atom. The van der Waals surface area contributed by atoms with Crippen molar-refractivity contribution in [2.24, 2.45) is 5.10 Å². The van der Waals surface area contributed by atoms with Crippen molar-refractivity contribution in [2.45, 2.75) is 20.0 Å². The van der Waals surface area contributed by atoms with Gasteiger partial charge in [0, 0.05) is 11.3 Å². The number of amides is 2. The third kappa shape index (κ3) is 7.11. The van der Waals surface area contributed by atoms with Crippen LogP contribution >= 0.6 is 23.2 Å². The van der Waals surface area contributed by atoms with Crippen LogP contribution in [0.25, 0.3) is 0 Å². The third-order valence-corrected chi connectivity index (χ3v) is 5.09. The van der Waals surface area contributed by atoms with Crippen molar-refractivity contribution in [3.8, 4) is 5.75 Å². The average molecular weight is 470 g/mol. The lowest BCUT2D eigenvalue weighted by Crippen LogP contribution is -2.24. The third-order valence-electron chi connectivity index (χ3n) is 4.35. The Morgan fingerprint density at radius 1 is 0.969 bits per heavy atom. The topological polar surface area (TPSA) is 79.8 Å². The van der Waals surface area contributed by atoms with Gasteiger partial charge in [-0.1, -0.05) is 59.1 Å². The predicted molar refractivity (Wildman–Crippen MR) is 127 cm³/mol. The van der Waals surface area contributed by atoms with Crippen molar-refractivity contribution < 1.29 is 14.3 Å². The highest BCUT2D eigenvalue weighted by Crippen LogP contribution is 2.24. The molecular weight excluding hydrogens is 449 g/mol. The zero-order chi connectivity index (χ0) is 22.9. The number of para-hydroxylation sites is 1. The summed E-state index contributed by atoms with van der Waals surface area (Å²) in [7, 11) is 0. The number of aryl methyl sites for hydroxylation is 1. The summed E-state index contributed by atoms with van der Waals surface area (Å²) < 4.78 is 5.85. The summed E-state index contributed by atoms with van der Waals surface area (Å²) in [5.74, 6) is -0.374. The van der Waals surface area contributed by atoms with Crippen molar-refractivity contribution in [1.29, 1.82) is 0 Å². The minimum atomic E-state index is -0.528. The zero-order valence-electron chi connectivity index (χ0n) is 17.3. The number of anilines is 1. The minimum absolute atomic E-state index is 0.285. The van der Waals surface area contributed by atoms with Gasteiger partial charge in [-0.25, -0.2) is 5.43 Å². The number of hydrogen-bond donors (Lipinski definition) is 2. The Hall–Kier alpha value is -3.35. The van der Waals surface area contributed by atoms with Crippen LogP contribution in [0, 0.1) is 6.92 Å². The summed E-state index contributed by atoms with van der Waals surface area (Å²) in [5.41, 5.74) is 5.59. The molecule has 3 rings (SSSR count). The Morgan fingerprint density at radius 3 is 2.47 bits per heavy atom. The van der Waals surface area contributed by atoms with Crippen LogP contribution in [0.15, 0.2) is 71.8 Å². The number of carbonyl (C=O) groups excluding carboxylic acids is 2. The van der Waals surface area contributed by atoms with E-state index in [2.05, 4.69) is 15.8 Å². The molecule has 2 N–H and O–H groups in total. The molecule has 0 atom stereocenters. The van der Waals surface area contributed by atoms with Crippen LogP contribution in [-0.4, -0.2) is 18.0 Å². The molecule has 0 radical (unpaired) electrons. The molecule has 6 nitrogen and oxygen atoms in total. The smallest absolute Gasteiger partial charge is 0.249 e. The van der Waals surface area contributed by atoms with Crippen LogP contribution in [0.4, 0.5) is 5.69 Å². The summed E-state index contributed by atoms with van der Waals surface area (Å²) >= 11 is 12.0. The van der Waals surface area contributed by atoms with Crippen molar-refractivity contribution in [2.75, 3.05) is 5.32 Å². The van der Waals surface area contributed by atoms with Crippen molar-refractivity contribution in [3.05, 3.63) is 93.5 Å². The van der Waals surface area contributed by atoms with E-state index in [1.165, 1.54) is 6.21 Å². The largest absolute Gasteiger partial charge is 0.488 e. The monoisotopic (exact) mass is 469 g/mol. The molecule has 0 fully saturated rings. The maximum absolute atomic E-state index is 12.0. The second-order valence-corrected chi connectivity index (χ2v) is 7.77. The van der Waals surface area contributed by atoms with E-state index in [1.807, 2.05) is 37.3 Å². The first-order valence-electron chi connectivity index (χ1n) is 9.75. The number of nitrogens with one attached hydrogen (secondary N) is 2. The highest BCUT2D eigenvalue weighted by molar-refractivity contribution is 6.42. The molecule has 32 heavy (non-hydrogen) atoms. The Labute approximate surface area is 196 Å². The van der Waals surface area contributed by atoms with Crippen molar-refractivity contribution in [1.82, 2.24) is 5.43 Å². The molecule has 3 aromatic rings. The van der Waals surface area contributed by atoms with E-state index in [4.69, 9.17) is 27.9 Å². The van der Waals surface area contributed by atoms with E-state index in [1.54, 1.807) is 36.4 Å². The molecule has 0 saturated heterocycles. The number of hydrazone groups is 1. The van der Waals surface area contributed by atoms with Crippen molar-refractivity contribution in [3.63, 3.8) is 0 Å². The van der Waals surface area contributed by atoms with Gasteiger partial charge in [0.15, 0.2) is 0 Å². The van der Waals surface area contributed by atoms with Gasteiger partial charge in [-0.2, -0.15) is 5.10 Å². The highest BCUT2D eigenvalue weighted by Gasteiger charge is 2.09. The fourth-order valence-electron chi connectivity index (χ4n) is 2.71. The lowest BCUT2D eigenvalue weighted by molar-refractivity contribution is -0.126. The summed E-state index contributed by atoms with van der Waals surface area (Å²) in [6.45, 7) is 2.24. The lowest BCUT2D eigenvalue weighted by atomic mass is 10.2. The second kappa shape index (κ2) is 11.3.